The van der Waals surface area contributed by atoms with Gasteiger partial charge in [0.25, 0.3) is 5.56 Å². The van der Waals surface area contributed by atoms with Crippen molar-refractivity contribution in [1.82, 2.24) is 9.97 Å². The fraction of sp³-hybridized carbons (Fsp3) is 0.636. The molecule has 1 saturated heterocycles. The molecule has 0 saturated carbocycles. The first-order valence-corrected chi connectivity index (χ1v) is 6.04. The highest BCUT2D eigenvalue weighted by molar-refractivity contribution is 6.32. The van der Waals surface area contributed by atoms with Gasteiger partial charge in [0.1, 0.15) is 5.02 Å². The Morgan fingerprint density at radius 2 is 2.38 bits per heavy atom. The third-order valence-electron chi connectivity index (χ3n) is 3.28. The predicted octanol–water partition coefficient (Wildman–Crippen LogP) is 2.19. The lowest BCUT2D eigenvalue weighted by Crippen LogP contribution is -2.36. The summed E-state index contributed by atoms with van der Waals surface area (Å²) in [6, 6.07) is 0.846. The van der Waals surface area contributed by atoms with Gasteiger partial charge in [-0.1, -0.05) is 18.5 Å². The van der Waals surface area contributed by atoms with Crippen molar-refractivity contribution in [3.63, 3.8) is 0 Å². The normalized spacial score (nSPS) is 25.1. The molecule has 4 nitrogen and oxygen atoms in total. The molecular formula is C11H16ClN3O. The molecule has 1 N–H and O–H groups in total. The number of rotatable bonds is 2. The summed E-state index contributed by atoms with van der Waals surface area (Å²) in [4.78, 5) is 20.3. The Morgan fingerprint density at radius 1 is 1.62 bits per heavy atom. The number of nitrogens with one attached hydrogen (secondary N) is 1. The Bertz CT molecular complexity index is 431. The zero-order valence-electron chi connectivity index (χ0n) is 9.53. The molecule has 2 heterocycles. The first-order valence-electron chi connectivity index (χ1n) is 5.66. The van der Waals surface area contributed by atoms with Crippen molar-refractivity contribution >= 4 is 17.4 Å². The van der Waals surface area contributed by atoms with E-state index in [1.807, 2.05) is 0 Å². The van der Waals surface area contributed by atoms with Crippen molar-refractivity contribution in [1.29, 1.82) is 0 Å². The second-order valence-corrected chi connectivity index (χ2v) is 4.64. The van der Waals surface area contributed by atoms with E-state index in [1.54, 1.807) is 0 Å². The molecule has 2 rings (SSSR count). The van der Waals surface area contributed by atoms with Gasteiger partial charge in [0.15, 0.2) is 5.82 Å². The van der Waals surface area contributed by atoms with Gasteiger partial charge in [-0.3, -0.25) is 4.79 Å². The lowest BCUT2D eigenvalue weighted by atomic mass is 10.1. The lowest BCUT2D eigenvalue weighted by Gasteiger charge is -2.29. The summed E-state index contributed by atoms with van der Waals surface area (Å²) in [6.07, 6.45) is 4.74. The van der Waals surface area contributed by atoms with E-state index in [-0.39, 0.29) is 10.6 Å². The van der Waals surface area contributed by atoms with Crippen molar-refractivity contribution in [2.75, 3.05) is 4.90 Å². The van der Waals surface area contributed by atoms with Crippen LogP contribution in [0.4, 0.5) is 5.82 Å². The number of anilines is 1. The molecule has 1 aliphatic rings. The molecule has 88 valence electrons. The Morgan fingerprint density at radius 3 is 3.06 bits per heavy atom. The van der Waals surface area contributed by atoms with Crippen LogP contribution in [-0.4, -0.2) is 22.1 Å². The molecule has 2 atom stereocenters. The van der Waals surface area contributed by atoms with Crippen LogP contribution < -0.4 is 10.5 Å². The van der Waals surface area contributed by atoms with Crippen molar-refractivity contribution < 1.29 is 0 Å². The largest absolute Gasteiger partial charge is 0.349 e. The Balaban J connectivity index is 2.42. The number of nitrogens with zero attached hydrogens (tertiary/aromatic N) is 2. The zero-order valence-corrected chi connectivity index (χ0v) is 10.3. The minimum absolute atomic E-state index is 0.203. The number of aromatic nitrogens is 2. The fourth-order valence-corrected chi connectivity index (χ4v) is 2.61. The van der Waals surface area contributed by atoms with Gasteiger partial charge in [-0.15, -0.1) is 0 Å². The Hall–Kier alpha value is -1.03. The van der Waals surface area contributed by atoms with Crippen molar-refractivity contribution in [2.24, 2.45) is 0 Å². The molecule has 0 radical (unpaired) electrons. The van der Waals surface area contributed by atoms with E-state index in [2.05, 4.69) is 28.7 Å². The molecule has 1 fully saturated rings. The van der Waals surface area contributed by atoms with E-state index in [1.165, 1.54) is 6.33 Å². The summed E-state index contributed by atoms with van der Waals surface area (Å²) in [5, 5.41) is 0.203. The third-order valence-corrected chi connectivity index (χ3v) is 3.62. The van der Waals surface area contributed by atoms with Crippen LogP contribution in [0.25, 0.3) is 0 Å². The highest BCUT2D eigenvalue weighted by Gasteiger charge is 2.32. The number of aromatic amines is 1. The minimum Gasteiger partial charge on any atom is -0.349 e. The quantitative estimate of drug-likeness (QED) is 0.864. The van der Waals surface area contributed by atoms with Gasteiger partial charge in [0, 0.05) is 12.1 Å². The first kappa shape index (κ1) is 11.5. The van der Waals surface area contributed by atoms with Crippen LogP contribution in [0.5, 0.6) is 0 Å². The second kappa shape index (κ2) is 4.45. The molecule has 1 aliphatic heterocycles. The van der Waals surface area contributed by atoms with Crippen LogP contribution in [0.2, 0.25) is 5.02 Å². The topological polar surface area (TPSA) is 49.0 Å². The summed E-state index contributed by atoms with van der Waals surface area (Å²) in [6.45, 7) is 4.30. The highest BCUT2D eigenvalue weighted by Crippen LogP contribution is 2.32. The van der Waals surface area contributed by atoms with Crippen molar-refractivity contribution in [2.45, 2.75) is 45.2 Å². The molecular weight excluding hydrogens is 226 g/mol. The van der Waals surface area contributed by atoms with Gasteiger partial charge in [0.2, 0.25) is 0 Å². The smallest absolute Gasteiger partial charge is 0.271 e. The van der Waals surface area contributed by atoms with Gasteiger partial charge in [0.05, 0.1) is 6.33 Å². The molecule has 0 bridgehead atoms. The van der Waals surface area contributed by atoms with Gasteiger partial charge in [-0.05, 0) is 26.2 Å². The van der Waals surface area contributed by atoms with Gasteiger partial charge < -0.3 is 9.88 Å². The first-order chi connectivity index (χ1) is 7.65. The van der Waals surface area contributed by atoms with Crippen molar-refractivity contribution in [3.05, 3.63) is 21.7 Å². The summed E-state index contributed by atoms with van der Waals surface area (Å²) >= 11 is 6.01. The molecule has 16 heavy (non-hydrogen) atoms. The van der Waals surface area contributed by atoms with Crippen LogP contribution in [-0.2, 0) is 0 Å². The maximum absolute atomic E-state index is 11.4. The summed E-state index contributed by atoms with van der Waals surface area (Å²) < 4.78 is 0. The Kier molecular flexibility index (Phi) is 3.19. The lowest BCUT2D eigenvalue weighted by molar-refractivity contribution is 0.620. The number of hydrogen-bond donors (Lipinski definition) is 1. The van der Waals surface area contributed by atoms with E-state index in [0.717, 1.165) is 19.3 Å². The monoisotopic (exact) mass is 241 g/mol. The maximum atomic E-state index is 11.4. The van der Waals surface area contributed by atoms with E-state index in [4.69, 9.17) is 11.6 Å². The molecule has 5 heteroatoms. The van der Waals surface area contributed by atoms with E-state index < -0.39 is 0 Å². The SMILES string of the molecule is CCC1CCC(C)N1c1nc[nH]c(=O)c1Cl. The molecule has 0 spiro atoms. The predicted molar refractivity (Wildman–Crippen MR) is 65.1 cm³/mol. The fourth-order valence-electron chi connectivity index (χ4n) is 2.41. The highest BCUT2D eigenvalue weighted by atomic mass is 35.5. The standard InChI is InChI=1S/C11H16ClN3O/c1-3-8-5-4-7(2)15(8)10-9(12)11(16)14-6-13-10/h6-8H,3-5H2,1-2H3,(H,13,14,16). The van der Waals surface area contributed by atoms with Gasteiger partial charge in [-0.2, -0.15) is 0 Å². The van der Waals surface area contributed by atoms with Crippen LogP contribution in [0.15, 0.2) is 11.1 Å². The molecule has 0 amide bonds. The van der Waals surface area contributed by atoms with E-state index >= 15 is 0 Å². The molecule has 1 aromatic rings. The van der Waals surface area contributed by atoms with Gasteiger partial charge >= 0.3 is 0 Å². The summed E-state index contributed by atoms with van der Waals surface area (Å²) in [7, 11) is 0. The molecule has 1 aromatic heterocycles. The summed E-state index contributed by atoms with van der Waals surface area (Å²) in [5.41, 5.74) is -0.263. The number of H-pyrrole nitrogens is 1. The van der Waals surface area contributed by atoms with Crippen LogP contribution in [0.3, 0.4) is 0 Å². The van der Waals surface area contributed by atoms with Crippen LogP contribution in [0.1, 0.15) is 33.1 Å². The third kappa shape index (κ3) is 1.82. The molecule has 2 unspecified atom stereocenters. The van der Waals surface area contributed by atoms with E-state index in [9.17, 15) is 4.79 Å². The summed E-state index contributed by atoms with van der Waals surface area (Å²) in [5.74, 6) is 0.627. The zero-order chi connectivity index (χ0) is 11.7. The van der Waals surface area contributed by atoms with Gasteiger partial charge in [-0.25, -0.2) is 4.98 Å². The maximum Gasteiger partial charge on any atom is 0.271 e. The minimum atomic E-state index is -0.263. The Labute approximate surface area is 99.6 Å². The van der Waals surface area contributed by atoms with E-state index in [0.29, 0.717) is 17.9 Å². The number of hydrogen-bond acceptors (Lipinski definition) is 3. The van der Waals surface area contributed by atoms with Crippen LogP contribution >= 0.6 is 11.6 Å². The second-order valence-electron chi connectivity index (χ2n) is 4.26. The number of halogens is 1. The average molecular weight is 242 g/mol. The molecule has 0 aromatic carbocycles. The van der Waals surface area contributed by atoms with Crippen LogP contribution in [0, 0.1) is 0 Å². The molecule has 0 aliphatic carbocycles. The van der Waals surface area contributed by atoms with Crippen molar-refractivity contribution in [3.8, 4) is 0 Å². The average Bonchev–Trinajstić information content (AvgIpc) is 2.64.